The van der Waals surface area contributed by atoms with Gasteiger partial charge in [0.05, 0.1) is 0 Å². The van der Waals surface area contributed by atoms with Gasteiger partial charge in [-0.2, -0.15) is 0 Å². The van der Waals surface area contributed by atoms with Crippen LogP contribution in [0.4, 0.5) is 5.82 Å². The molecule has 0 bridgehead atoms. The molecule has 1 aliphatic carbocycles. The van der Waals surface area contributed by atoms with Gasteiger partial charge in [0.1, 0.15) is 12.4 Å². The van der Waals surface area contributed by atoms with Gasteiger partial charge in [-0.25, -0.2) is 4.79 Å². The molecule has 20 heavy (non-hydrogen) atoms. The molecule has 1 heterocycles. The average molecular weight is 273 g/mol. The number of rotatable bonds is 5. The number of nitrogens with zero attached hydrogens (tertiary/aromatic N) is 1. The Balaban J connectivity index is 1.76. The Kier molecular flexibility index (Phi) is 3.28. The normalized spacial score (nSPS) is 14.0. The number of aromatic amines is 1. The zero-order valence-corrected chi connectivity index (χ0v) is 10.8. The first-order chi connectivity index (χ1) is 9.72. The van der Waals surface area contributed by atoms with Crippen molar-refractivity contribution in [3.63, 3.8) is 0 Å². The van der Waals surface area contributed by atoms with Crippen LogP contribution in [-0.2, 0) is 6.61 Å². The summed E-state index contributed by atoms with van der Waals surface area (Å²) in [7, 11) is 0. The third kappa shape index (κ3) is 2.90. The van der Waals surface area contributed by atoms with E-state index in [0.29, 0.717) is 11.9 Å². The van der Waals surface area contributed by atoms with E-state index in [1.807, 2.05) is 30.3 Å². The van der Waals surface area contributed by atoms with Gasteiger partial charge in [-0.3, -0.25) is 9.78 Å². The summed E-state index contributed by atoms with van der Waals surface area (Å²) in [6.07, 6.45) is 2.13. The van der Waals surface area contributed by atoms with Crippen LogP contribution < -0.4 is 21.4 Å². The van der Waals surface area contributed by atoms with Crippen molar-refractivity contribution in [2.75, 3.05) is 5.32 Å². The lowest BCUT2D eigenvalue weighted by Crippen LogP contribution is -2.39. The van der Waals surface area contributed by atoms with Gasteiger partial charge in [0, 0.05) is 12.1 Å². The molecule has 1 aliphatic rings. The summed E-state index contributed by atoms with van der Waals surface area (Å²) in [6.45, 7) is 0.166. The summed E-state index contributed by atoms with van der Waals surface area (Å²) >= 11 is 0. The fourth-order valence-corrected chi connectivity index (χ4v) is 1.85. The Labute approximate surface area is 115 Å². The van der Waals surface area contributed by atoms with E-state index in [9.17, 15) is 9.59 Å². The van der Waals surface area contributed by atoms with Crippen molar-refractivity contribution >= 4 is 5.82 Å². The van der Waals surface area contributed by atoms with Gasteiger partial charge >= 0.3 is 5.69 Å². The van der Waals surface area contributed by atoms with Crippen LogP contribution in [0.5, 0.6) is 0 Å². The first-order valence-electron chi connectivity index (χ1n) is 6.52. The predicted octanol–water partition coefficient (Wildman–Crippen LogP) is 0.740. The van der Waals surface area contributed by atoms with Crippen molar-refractivity contribution < 1.29 is 4.84 Å². The second kappa shape index (κ2) is 5.24. The molecule has 3 rings (SSSR count). The molecule has 1 saturated carbocycles. The van der Waals surface area contributed by atoms with Crippen molar-refractivity contribution in [2.45, 2.75) is 25.5 Å². The molecule has 0 unspecified atom stereocenters. The molecule has 0 saturated heterocycles. The molecule has 1 aromatic heterocycles. The Bertz CT molecular complexity index is 670. The Morgan fingerprint density at radius 3 is 2.65 bits per heavy atom. The number of hydrogen-bond donors (Lipinski definition) is 2. The van der Waals surface area contributed by atoms with Gasteiger partial charge in [0.2, 0.25) is 0 Å². The number of nitrogens with one attached hydrogen (secondary N) is 2. The van der Waals surface area contributed by atoms with Crippen LogP contribution >= 0.6 is 0 Å². The first kappa shape index (κ1) is 12.5. The molecule has 2 aromatic rings. The molecule has 104 valence electrons. The summed E-state index contributed by atoms with van der Waals surface area (Å²) in [6, 6.07) is 11.1. The molecular formula is C14H15N3O3. The van der Waals surface area contributed by atoms with E-state index in [1.54, 1.807) is 0 Å². The Morgan fingerprint density at radius 2 is 2.00 bits per heavy atom. The summed E-state index contributed by atoms with van der Waals surface area (Å²) in [5.41, 5.74) is -0.164. The maximum absolute atomic E-state index is 11.9. The second-order valence-electron chi connectivity index (χ2n) is 4.80. The molecular weight excluding hydrogens is 258 g/mol. The molecule has 0 aliphatic heterocycles. The van der Waals surface area contributed by atoms with Crippen LogP contribution in [0, 0.1) is 0 Å². The van der Waals surface area contributed by atoms with Gasteiger partial charge in [-0.1, -0.05) is 35.1 Å². The number of anilines is 1. The summed E-state index contributed by atoms with van der Waals surface area (Å²) in [5, 5.41) is 3.07. The average Bonchev–Trinajstić information content (AvgIpc) is 3.23. The molecule has 2 N–H and O–H groups in total. The van der Waals surface area contributed by atoms with Crippen LogP contribution in [-0.4, -0.2) is 15.8 Å². The van der Waals surface area contributed by atoms with Gasteiger partial charge in [0.15, 0.2) is 0 Å². The van der Waals surface area contributed by atoms with Gasteiger partial charge in [-0.05, 0) is 18.4 Å². The lowest BCUT2D eigenvalue weighted by Gasteiger charge is -2.09. The largest absolute Gasteiger partial charge is 0.401 e. The maximum Gasteiger partial charge on any atom is 0.363 e. The van der Waals surface area contributed by atoms with E-state index < -0.39 is 11.2 Å². The zero-order valence-electron chi connectivity index (χ0n) is 10.8. The van der Waals surface area contributed by atoms with E-state index in [4.69, 9.17) is 4.84 Å². The van der Waals surface area contributed by atoms with Crippen LogP contribution in [0.1, 0.15) is 18.4 Å². The summed E-state index contributed by atoms with van der Waals surface area (Å²) in [5.74, 6) is 0.446. The van der Waals surface area contributed by atoms with E-state index >= 15 is 0 Å². The highest BCUT2D eigenvalue weighted by atomic mass is 16.7. The molecule has 1 aromatic carbocycles. The van der Waals surface area contributed by atoms with Gasteiger partial charge in [-0.15, -0.1) is 0 Å². The van der Waals surface area contributed by atoms with Crippen LogP contribution in [0.15, 0.2) is 46.0 Å². The van der Waals surface area contributed by atoms with Gasteiger partial charge in [0.25, 0.3) is 5.56 Å². The van der Waals surface area contributed by atoms with Crippen molar-refractivity contribution in [3.05, 3.63) is 62.8 Å². The number of hydrogen-bond acceptors (Lipinski definition) is 4. The standard InChI is InChI=1S/C14H15N3O3/c18-13-8-12(15-11-6-7-11)16-14(19)17(13)20-9-10-4-2-1-3-5-10/h1-5,8,11,15H,6-7,9H2,(H,16,19). The zero-order chi connectivity index (χ0) is 13.9. The van der Waals surface area contributed by atoms with E-state index in [1.165, 1.54) is 6.07 Å². The SMILES string of the molecule is O=c1cc(NC2CC2)[nH]c(=O)n1OCc1ccccc1. The highest BCUT2D eigenvalue weighted by Gasteiger charge is 2.21. The molecule has 0 amide bonds. The molecule has 0 spiro atoms. The van der Waals surface area contributed by atoms with Crippen molar-refractivity contribution in [2.24, 2.45) is 0 Å². The minimum absolute atomic E-state index is 0.166. The van der Waals surface area contributed by atoms with E-state index in [-0.39, 0.29) is 6.61 Å². The number of H-pyrrole nitrogens is 1. The van der Waals surface area contributed by atoms with Gasteiger partial charge < -0.3 is 10.2 Å². The van der Waals surface area contributed by atoms with Crippen LogP contribution in [0.3, 0.4) is 0 Å². The van der Waals surface area contributed by atoms with Crippen molar-refractivity contribution in [1.29, 1.82) is 0 Å². The second-order valence-corrected chi connectivity index (χ2v) is 4.80. The molecule has 0 atom stereocenters. The van der Waals surface area contributed by atoms with E-state index in [2.05, 4.69) is 10.3 Å². The Morgan fingerprint density at radius 1 is 1.25 bits per heavy atom. The lowest BCUT2D eigenvalue weighted by molar-refractivity contribution is 0.0792. The Hall–Kier alpha value is -2.50. The number of aromatic nitrogens is 2. The van der Waals surface area contributed by atoms with Crippen molar-refractivity contribution in [1.82, 2.24) is 9.71 Å². The minimum Gasteiger partial charge on any atom is -0.401 e. The topological polar surface area (TPSA) is 76.1 Å². The minimum atomic E-state index is -0.573. The number of benzene rings is 1. The fraction of sp³-hybridized carbons (Fsp3) is 0.286. The smallest absolute Gasteiger partial charge is 0.363 e. The highest BCUT2D eigenvalue weighted by Crippen LogP contribution is 2.22. The predicted molar refractivity (Wildman–Crippen MR) is 74.7 cm³/mol. The monoisotopic (exact) mass is 273 g/mol. The lowest BCUT2D eigenvalue weighted by atomic mass is 10.2. The highest BCUT2D eigenvalue weighted by molar-refractivity contribution is 5.34. The summed E-state index contributed by atoms with van der Waals surface area (Å²) in [4.78, 5) is 31.5. The fourth-order valence-electron chi connectivity index (χ4n) is 1.85. The molecule has 1 fully saturated rings. The third-order valence-corrected chi connectivity index (χ3v) is 3.03. The molecule has 0 radical (unpaired) electrons. The van der Waals surface area contributed by atoms with E-state index in [0.717, 1.165) is 23.1 Å². The quantitative estimate of drug-likeness (QED) is 0.842. The van der Waals surface area contributed by atoms with Crippen molar-refractivity contribution in [3.8, 4) is 0 Å². The first-order valence-corrected chi connectivity index (χ1v) is 6.52. The molecule has 6 nitrogen and oxygen atoms in total. The van der Waals surface area contributed by atoms with Crippen LogP contribution in [0.25, 0.3) is 0 Å². The third-order valence-electron chi connectivity index (χ3n) is 3.03. The summed E-state index contributed by atoms with van der Waals surface area (Å²) < 4.78 is 0.741. The van der Waals surface area contributed by atoms with Crippen LogP contribution in [0.2, 0.25) is 0 Å². The maximum atomic E-state index is 11.9. The molecule has 6 heteroatoms.